The van der Waals surface area contributed by atoms with Crippen molar-refractivity contribution in [1.82, 2.24) is 5.32 Å². The Labute approximate surface area is 176 Å². The Hall–Kier alpha value is -1.41. The number of ketones is 1. The second kappa shape index (κ2) is 9.16. The number of ether oxygens (including phenoxy) is 4. The number of carbonyl (C=O) groups is 1. The zero-order chi connectivity index (χ0) is 19.7. The lowest BCUT2D eigenvalue weighted by molar-refractivity contribution is -0.114. The van der Waals surface area contributed by atoms with Gasteiger partial charge in [-0.2, -0.15) is 0 Å². The molecule has 2 saturated heterocycles. The molecule has 1 aromatic rings. The summed E-state index contributed by atoms with van der Waals surface area (Å²) in [6, 6.07) is 3.31. The molecule has 162 valence electrons. The van der Waals surface area contributed by atoms with Crippen molar-refractivity contribution < 1.29 is 28.1 Å². The van der Waals surface area contributed by atoms with Gasteiger partial charge in [0.1, 0.15) is 0 Å². The summed E-state index contributed by atoms with van der Waals surface area (Å²) in [7, 11) is 3.04. The highest BCUT2D eigenvalue weighted by atomic mass is 35.5. The van der Waals surface area contributed by atoms with E-state index in [0.717, 1.165) is 25.9 Å². The maximum Gasteiger partial charge on any atom is 0.200 e. The van der Waals surface area contributed by atoms with Crippen molar-refractivity contribution >= 4 is 18.2 Å². The molecule has 6 nitrogen and oxygen atoms in total. The Bertz CT molecular complexity index is 736. The summed E-state index contributed by atoms with van der Waals surface area (Å²) in [4.78, 5) is 13.1. The number of methoxy groups -OCH3 is 2. The lowest BCUT2D eigenvalue weighted by Crippen LogP contribution is -2.43. The topological polar surface area (TPSA) is 66.0 Å². The van der Waals surface area contributed by atoms with Crippen LogP contribution >= 0.6 is 12.4 Å². The maximum atomic E-state index is 16.1. The van der Waals surface area contributed by atoms with Gasteiger partial charge < -0.3 is 24.3 Å². The fourth-order valence-corrected chi connectivity index (χ4v) is 4.82. The third-order valence-electron chi connectivity index (χ3n) is 6.28. The molecule has 8 heteroatoms. The first kappa shape index (κ1) is 22.3. The molecule has 1 aliphatic carbocycles. The van der Waals surface area contributed by atoms with E-state index >= 15 is 4.39 Å². The standard InChI is InChI=1S/C21H28FNO5.ClH/c1-25-17-9-14-11-21(22,19(24)15(14)10-18(17)26-2)12-16(20-27-7-8-28-20)13-3-5-23-6-4-13;/h9-10,13,16,20,23H,3-8,11-12H2,1-2H3;1H. The number of alkyl halides is 1. The van der Waals surface area contributed by atoms with Gasteiger partial charge in [0.15, 0.2) is 23.5 Å². The molecule has 2 fully saturated rings. The molecule has 2 unspecified atom stereocenters. The van der Waals surface area contributed by atoms with Gasteiger partial charge in [-0.3, -0.25) is 4.79 Å². The van der Waals surface area contributed by atoms with Crippen molar-refractivity contribution in [3.05, 3.63) is 23.3 Å². The molecule has 3 aliphatic rings. The molecule has 1 aromatic carbocycles. The van der Waals surface area contributed by atoms with Crippen molar-refractivity contribution in [3.8, 4) is 11.5 Å². The van der Waals surface area contributed by atoms with Gasteiger partial charge in [0, 0.05) is 17.9 Å². The quantitative estimate of drug-likeness (QED) is 0.750. The molecule has 0 amide bonds. The molecule has 0 saturated carbocycles. The first-order valence-corrected chi connectivity index (χ1v) is 9.98. The number of Topliss-reactive ketones (excluding diaryl/α,β-unsaturated/α-hetero) is 1. The Kier molecular flexibility index (Phi) is 7.04. The van der Waals surface area contributed by atoms with E-state index in [1.165, 1.54) is 14.2 Å². The third-order valence-corrected chi connectivity index (χ3v) is 6.28. The monoisotopic (exact) mass is 429 g/mol. The third kappa shape index (κ3) is 4.24. The molecule has 0 bridgehead atoms. The smallest absolute Gasteiger partial charge is 0.200 e. The molecule has 0 spiro atoms. The van der Waals surface area contributed by atoms with Crippen molar-refractivity contribution in [1.29, 1.82) is 0 Å². The minimum absolute atomic E-state index is 0. The minimum atomic E-state index is -1.95. The van der Waals surface area contributed by atoms with E-state index in [0.29, 0.717) is 35.8 Å². The number of hydrogen-bond donors (Lipinski definition) is 1. The van der Waals surface area contributed by atoms with E-state index < -0.39 is 17.7 Å². The second-order valence-corrected chi connectivity index (χ2v) is 7.90. The summed E-state index contributed by atoms with van der Waals surface area (Å²) in [6.07, 6.45) is 1.60. The highest BCUT2D eigenvalue weighted by Gasteiger charge is 2.50. The molecular formula is C21H29ClFNO5. The van der Waals surface area contributed by atoms with Crippen molar-refractivity contribution in [2.75, 3.05) is 40.5 Å². The molecule has 2 aliphatic heterocycles. The van der Waals surface area contributed by atoms with Gasteiger partial charge in [0.2, 0.25) is 5.78 Å². The summed E-state index contributed by atoms with van der Waals surface area (Å²) in [5.74, 6) is 0.612. The number of nitrogens with one attached hydrogen (secondary N) is 1. The predicted octanol–water partition coefficient (Wildman–Crippen LogP) is 2.95. The predicted molar refractivity (Wildman–Crippen MR) is 108 cm³/mol. The van der Waals surface area contributed by atoms with E-state index in [2.05, 4.69) is 5.32 Å². The molecule has 29 heavy (non-hydrogen) atoms. The van der Waals surface area contributed by atoms with Gasteiger partial charge in [0.05, 0.1) is 27.4 Å². The summed E-state index contributed by atoms with van der Waals surface area (Å²) in [5.41, 5.74) is -0.898. The Balaban J connectivity index is 0.00000240. The average Bonchev–Trinajstić information content (AvgIpc) is 3.33. The van der Waals surface area contributed by atoms with Crippen LogP contribution in [-0.4, -0.2) is 58.3 Å². The van der Waals surface area contributed by atoms with E-state index in [1.54, 1.807) is 12.1 Å². The first-order valence-electron chi connectivity index (χ1n) is 9.98. The van der Waals surface area contributed by atoms with E-state index in [-0.39, 0.29) is 37.1 Å². The van der Waals surface area contributed by atoms with Crippen LogP contribution in [0.15, 0.2) is 12.1 Å². The zero-order valence-corrected chi connectivity index (χ0v) is 17.7. The zero-order valence-electron chi connectivity index (χ0n) is 16.9. The van der Waals surface area contributed by atoms with E-state index in [9.17, 15) is 4.79 Å². The summed E-state index contributed by atoms with van der Waals surface area (Å²) < 4.78 is 38.2. The fraction of sp³-hybridized carbons (Fsp3) is 0.667. The van der Waals surface area contributed by atoms with Crippen LogP contribution in [0.1, 0.15) is 35.2 Å². The molecule has 1 N–H and O–H groups in total. The highest BCUT2D eigenvalue weighted by molar-refractivity contribution is 6.07. The highest BCUT2D eigenvalue weighted by Crippen LogP contribution is 2.45. The normalized spacial score (nSPS) is 26.1. The Morgan fingerprint density at radius 1 is 1.17 bits per heavy atom. The first-order chi connectivity index (χ1) is 13.6. The van der Waals surface area contributed by atoms with Crippen LogP contribution in [0.25, 0.3) is 0 Å². The molecule has 0 aromatic heterocycles. The number of piperidine rings is 1. The van der Waals surface area contributed by atoms with Crippen LogP contribution in [-0.2, 0) is 15.9 Å². The van der Waals surface area contributed by atoms with Crippen LogP contribution in [0.4, 0.5) is 4.39 Å². The number of hydrogen-bond acceptors (Lipinski definition) is 6. The van der Waals surface area contributed by atoms with Gasteiger partial charge in [-0.15, -0.1) is 12.4 Å². The van der Waals surface area contributed by atoms with Crippen LogP contribution in [0.5, 0.6) is 11.5 Å². The summed E-state index contributed by atoms with van der Waals surface area (Å²) >= 11 is 0. The van der Waals surface area contributed by atoms with Gasteiger partial charge in [-0.1, -0.05) is 0 Å². The minimum Gasteiger partial charge on any atom is -0.493 e. The van der Waals surface area contributed by atoms with Crippen molar-refractivity contribution in [3.63, 3.8) is 0 Å². The lowest BCUT2D eigenvalue weighted by atomic mass is 9.77. The van der Waals surface area contributed by atoms with E-state index in [4.69, 9.17) is 18.9 Å². The van der Waals surface area contributed by atoms with Crippen LogP contribution in [0.2, 0.25) is 0 Å². The maximum absolute atomic E-state index is 16.1. The van der Waals surface area contributed by atoms with Gasteiger partial charge in [0.25, 0.3) is 0 Å². The Morgan fingerprint density at radius 3 is 2.41 bits per heavy atom. The number of halogens is 2. The summed E-state index contributed by atoms with van der Waals surface area (Å²) in [6.45, 7) is 2.84. The average molecular weight is 430 g/mol. The fourth-order valence-electron chi connectivity index (χ4n) is 4.82. The molecule has 0 radical (unpaired) electrons. The Morgan fingerprint density at radius 2 is 1.79 bits per heavy atom. The van der Waals surface area contributed by atoms with E-state index in [1.807, 2.05) is 0 Å². The molecule has 4 rings (SSSR count). The van der Waals surface area contributed by atoms with Crippen LogP contribution in [0, 0.1) is 11.8 Å². The number of benzene rings is 1. The van der Waals surface area contributed by atoms with Crippen molar-refractivity contribution in [2.24, 2.45) is 11.8 Å². The van der Waals surface area contributed by atoms with Crippen LogP contribution < -0.4 is 14.8 Å². The SMILES string of the molecule is COc1cc2c(cc1OC)C(=O)C(F)(CC(C1CCNCC1)C1OCCO1)C2.Cl. The number of carbonyl (C=O) groups excluding carboxylic acids is 1. The van der Waals surface area contributed by atoms with Gasteiger partial charge >= 0.3 is 0 Å². The largest absolute Gasteiger partial charge is 0.493 e. The molecular weight excluding hydrogens is 401 g/mol. The van der Waals surface area contributed by atoms with Gasteiger partial charge in [-0.05, 0) is 56.0 Å². The molecule has 2 heterocycles. The lowest BCUT2D eigenvalue weighted by Gasteiger charge is -2.36. The second-order valence-electron chi connectivity index (χ2n) is 7.90. The van der Waals surface area contributed by atoms with Gasteiger partial charge in [-0.25, -0.2) is 4.39 Å². The molecule has 2 atom stereocenters. The van der Waals surface area contributed by atoms with Crippen molar-refractivity contribution in [2.45, 2.75) is 37.6 Å². The number of fused-ring (bicyclic) bond motifs is 1. The number of rotatable bonds is 6. The summed E-state index contributed by atoms with van der Waals surface area (Å²) in [5, 5.41) is 3.34. The van der Waals surface area contributed by atoms with Crippen LogP contribution in [0.3, 0.4) is 0 Å².